The molecule has 0 unspecified atom stereocenters. The van der Waals surface area contributed by atoms with Gasteiger partial charge in [-0.3, -0.25) is 9.59 Å². The summed E-state index contributed by atoms with van der Waals surface area (Å²) in [6.07, 6.45) is 1.91. The van der Waals surface area contributed by atoms with Crippen molar-refractivity contribution in [1.82, 2.24) is 10.6 Å². The molecule has 1 aromatic heterocycles. The standard InChI is InChI=1S/C22H22N2O4/c1-27-20-12-6-5-11-18(20)21(25)24-19(14-16-8-3-2-4-9-16)22(26)23-15-17-10-7-13-28-17/h2-13,19H,14-15H2,1H3,(H,23,26)(H,24,25)/t19-/m0/s1. The van der Waals surface area contributed by atoms with E-state index < -0.39 is 6.04 Å². The number of benzene rings is 2. The van der Waals surface area contributed by atoms with Crippen molar-refractivity contribution in [3.63, 3.8) is 0 Å². The summed E-state index contributed by atoms with van der Waals surface area (Å²) in [4.78, 5) is 25.5. The van der Waals surface area contributed by atoms with Gasteiger partial charge in [-0.05, 0) is 29.8 Å². The van der Waals surface area contributed by atoms with Crippen LogP contribution in [0.5, 0.6) is 5.75 Å². The largest absolute Gasteiger partial charge is 0.496 e. The van der Waals surface area contributed by atoms with E-state index in [9.17, 15) is 9.59 Å². The molecule has 0 aliphatic carbocycles. The molecule has 2 amide bonds. The highest BCUT2D eigenvalue weighted by atomic mass is 16.5. The Bertz CT molecular complexity index is 907. The molecule has 1 heterocycles. The van der Waals surface area contributed by atoms with Crippen molar-refractivity contribution in [2.24, 2.45) is 0 Å². The molecule has 6 heteroatoms. The Morgan fingerprint density at radius 3 is 2.46 bits per heavy atom. The summed E-state index contributed by atoms with van der Waals surface area (Å²) in [6.45, 7) is 0.252. The number of carbonyl (C=O) groups is 2. The molecule has 2 aromatic carbocycles. The van der Waals surface area contributed by atoms with E-state index in [4.69, 9.17) is 9.15 Å². The summed E-state index contributed by atoms with van der Waals surface area (Å²) in [5.41, 5.74) is 1.32. The first-order valence-electron chi connectivity index (χ1n) is 8.95. The van der Waals surface area contributed by atoms with E-state index in [1.807, 2.05) is 30.3 Å². The van der Waals surface area contributed by atoms with Crippen LogP contribution in [-0.2, 0) is 17.8 Å². The van der Waals surface area contributed by atoms with E-state index in [1.165, 1.54) is 7.11 Å². The molecule has 0 saturated carbocycles. The second kappa shape index (κ2) is 9.41. The molecule has 0 aliphatic rings. The number of hydrogen-bond donors (Lipinski definition) is 2. The molecule has 6 nitrogen and oxygen atoms in total. The summed E-state index contributed by atoms with van der Waals surface area (Å²) in [7, 11) is 1.50. The highest BCUT2D eigenvalue weighted by Crippen LogP contribution is 2.17. The van der Waals surface area contributed by atoms with Gasteiger partial charge < -0.3 is 19.8 Å². The molecule has 0 bridgehead atoms. The van der Waals surface area contributed by atoms with E-state index in [0.717, 1.165) is 5.56 Å². The molecule has 0 spiro atoms. The number of furan rings is 1. The molecule has 1 atom stereocenters. The monoisotopic (exact) mass is 378 g/mol. The third-order valence-corrected chi connectivity index (χ3v) is 4.27. The van der Waals surface area contributed by atoms with Crippen LogP contribution in [0, 0.1) is 0 Å². The highest BCUT2D eigenvalue weighted by Gasteiger charge is 2.23. The van der Waals surface area contributed by atoms with Crippen LogP contribution in [0.1, 0.15) is 21.7 Å². The van der Waals surface area contributed by atoms with Crippen LogP contribution in [0.15, 0.2) is 77.4 Å². The van der Waals surface area contributed by atoms with Gasteiger partial charge in [-0.2, -0.15) is 0 Å². The highest BCUT2D eigenvalue weighted by molar-refractivity contribution is 5.99. The van der Waals surface area contributed by atoms with E-state index in [2.05, 4.69) is 10.6 Å². The number of amides is 2. The fraction of sp³-hybridized carbons (Fsp3) is 0.182. The first-order chi connectivity index (χ1) is 13.7. The zero-order chi connectivity index (χ0) is 19.8. The Labute approximate surface area is 163 Å². The van der Waals surface area contributed by atoms with Gasteiger partial charge in [0.1, 0.15) is 17.6 Å². The van der Waals surface area contributed by atoms with Gasteiger partial charge in [0.2, 0.25) is 5.91 Å². The molecule has 28 heavy (non-hydrogen) atoms. The first kappa shape index (κ1) is 19.2. The van der Waals surface area contributed by atoms with Crippen LogP contribution in [0.2, 0.25) is 0 Å². The number of ether oxygens (including phenoxy) is 1. The van der Waals surface area contributed by atoms with Crippen molar-refractivity contribution in [2.45, 2.75) is 19.0 Å². The van der Waals surface area contributed by atoms with Crippen LogP contribution in [0.4, 0.5) is 0 Å². The van der Waals surface area contributed by atoms with Gasteiger partial charge in [0.05, 0.1) is 25.5 Å². The maximum Gasteiger partial charge on any atom is 0.255 e. The van der Waals surface area contributed by atoms with Crippen LogP contribution < -0.4 is 15.4 Å². The number of rotatable bonds is 8. The number of methoxy groups -OCH3 is 1. The summed E-state index contributed by atoms with van der Waals surface area (Å²) < 4.78 is 10.5. The third-order valence-electron chi connectivity index (χ3n) is 4.27. The Morgan fingerprint density at radius 1 is 1.00 bits per heavy atom. The SMILES string of the molecule is COc1ccccc1C(=O)N[C@@H](Cc1ccccc1)C(=O)NCc1ccco1. The Hall–Kier alpha value is -3.54. The molecule has 0 radical (unpaired) electrons. The second-order valence-corrected chi connectivity index (χ2v) is 6.21. The lowest BCUT2D eigenvalue weighted by Gasteiger charge is -2.19. The fourth-order valence-corrected chi connectivity index (χ4v) is 2.84. The summed E-state index contributed by atoms with van der Waals surface area (Å²) in [5, 5.41) is 5.64. The van der Waals surface area contributed by atoms with Crippen LogP contribution in [0.25, 0.3) is 0 Å². The lowest BCUT2D eigenvalue weighted by Crippen LogP contribution is -2.47. The molecule has 144 valence electrons. The maximum absolute atomic E-state index is 12.8. The van der Waals surface area contributed by atoms with Crippen molar-refractivity contribution in [2.75, 3.05) is 7.11 Å². The van der Waals surface area contributed by atoms with Crippen molar-refractivity contribution >= 4 is 11.8 Å². The summed E-state index contributed by atoms with van der Waals surface area (Å²) in [5.74, 6) is 0.437. The molecule has 3 rings (SSSR count). The van der Waals surface area contributed by atoms with Crippen LogP contribution >= 0.6 is 0 Å². The maximum atomic E-state index is 12.8. The van der Waals surface area contributed by atoms with Gasteiger partial charge in [0.15, 0.2) is 0 Å². The van der Waals surface area contributed by atoms with Gasteiger partial charge in [0, 0.05) is 6.42 Å². The number of hydrogen-bond acceptors (Lipinski definition) is 4. The zero-order valence-corrected chi connectivity index (χ0v) is 15.6. The fourth-order valence-electron chi connectivity index (χ4n) is 2.84. The molecular formula is C22H22N2O4. The smallest absolute Gasteiger partial charge is 0.255 e. The predicted octanol–water partition coefficient (Wildman–Crippen LogP) is 2.95. The van der Waals surface area contributed by atoms with Crippen molar-refractivity contribution < 1.29 is 18.7 Å². The predicted molar refractivity (Wildman–Crippen MR) is 105 cm³/mol. The minimum absolute atomic E-state index is 0.252. The van der Waals surface area contributed by atoms with Gasteiger partial charge >= 0.3 is 0 Å². The number of carbonyl (C=O) groups excluding carboxylic acids is 2. The minimum atomic E-state index is -0.741. The van der Waals surface area contributed by atoms with Crippen molar-refractivity contribution in [1.29, 1.82) is 0 Å². The Kier molecular flexibility index (Phi) is 6.46. The van der Waals surface area contributed by atoms with E-state index >= 15 is 0 Å². The minimum Gasteiger partial charge on any atom is -0.496 e. The first-order valence-corrected chi connectivity index (χ1v) is 8.95. The van der Waals surface area contributed by atoms with Gasteiger partial charge in [-0.15, -0.1) is 0 Å². The van der Waals surface area contributed by atoms with Crippen molar-refractivity contribution in [3.05, 3.63) is 89.9 Å². The van der Waals surface area contributed by atoms with E-state index in [-0.39, 0.29) is 18.4 Å². The number of para-hydroxylation sites is 1. The summed E-state index contributed by atoms with van der Waals surface area (Å²) in [6, 6.07) is 19.2. The molecular weight excluding hydrogens is 356 g/mol. The molecule has 3 aromatic rings. The molecule has 2 N–H and O–H groups in total. The quantitative estimate of drug-likeness (QED) is 0.632. The summed E-state index contributed by atoms with van der Waals surface area (Å²) >= 11 is 0. The van der Waals surface area contributed by atoms with Gasteiger partial charge in [-0.1, -0.05) is 42.5 Å². The van der Waals surface area contributed by atoms with E-state index in [1.54, 1.807) is 42.7 Å². The van der Waals surface area contributed by atoms with Crippen LogP contribution in [0.3, 0.4) is 0 Å². The van der Waals surface area contributed by atoms with Gasteiger partial charge in [-0.25, -0.2) is 0 Å². The second-order valence-electron chi connectivity index (χ2n) is 6.21. The van der Waals surface area contributed by atoms with Gasteiger partial charge in [0.25, 0.3) is 5.91 Å². The third kappa shape index (κ3) is 5.01. The number of nitrogens with one attached hydrogen (secondary N) is 2. The topological polar surface area (TPSA) is 80.6 Å². The lowest BCUT2D eigenvalue weighted by atomic mass is 10.0. The molecule has 0 aliphatic heterocycles. The average molecular weight is 378 g/mol. The average Bonchev–Trinajstić information content (AvgIpc) is 3.26. The molecule has 0 fully saturated rings. The normalized spacial score (nSPS) is 11.5. The Morgan fingerprint density at radius 2 is 1.75 bits per heavy atom. The van der Waals surface area contributed by atoms with E-state index in [0.29, 0.717) is 23.5 Å². The van der Waals surface area contributed by atoms with Crippen LogP contribution in [-0.4, -0.2) is 25.0 Å². The molecule has 0 saturated heterocycles. The zero-order valence-electron chi connectivity index (χ0n) is 15.6. The Balaban J connectivity index is 1.74. The lowest BCUT2D eigenvalue weighted by molar-refractivity contribution is -0.123. The van der Waals surface area contributed by atoms with Crippen molar-refractivity contribution in [3.8, 4) is 5.75 Å².